The fourth-order valence-electron chi connectivity index (χ4n) is 10.4. The third kappa shape index (κ3) is 7.38. The van der Waals surface area contributed by atoms with Crippen LogP contribution in [0.4, 0.5) is 9.59 Å². The predicted molar refractivity (Wildman–Crippen MR) is 240 cm³/mol. The molecule has 6 heterocycles. The van der Waals surface area contributed by atoms with Crippen molar-refractivity contribution in [2.24, 2.45) is 11.8 Å². The van der Waals surface area contributed by atoms with Gasteiger partial charge in [-0.25, -0.2) is 24.4 Å². The quantitative estimate of drug-likeness (QED) is 0.0673. The minimum atomic E-state index is -0.986. The van der Waals surface area contributed by atoms with Crippen molar-refractivity contribution in [3.05, 3.63) is 107 Å². The molecule has 0 aliphatic carbocycles. The summed E-state index contributed by atoms with van der Waals surface area (Å²) >= 11 is 0. The van der Waals surface area contributed by atoms with Crippen molar-refractivity contribution in [2.45, 2.75) is 62.8 Å². The average molecular weight is 881 g/mol. The Morgan fingerprint density at radius 1 is 0.862 bits per heavy atom. The maximum absolute atomic E-state index is 14.3. The van der Waals surface area contributed by atoms with Gasteiger partial charge in [0.05, 0.1) is 61.2 Å². The first-order valence-electron chi connectivity index (χ1n) is 21.8. The number of methoxy groups -OCH3 is 3. The van der Waals surface area contributed by atoms with Crippen LogP contribution in [0.5, 0.6) is 0 Å². The third-order valence-electron chi connectivity index (χ3n) is 13.5. The van der Waals surface area contributed by atoms with Crippen molar-refractivity contribution < 1.29 is 37.8 Å². The molecule has 1 unspecified atom stereocenters. The van der Waals surface area contributed by atoms with Crippen LogP contribution in [0.3, 0.4) is 0 Å². The number of H-pyrrole nitrogens is 2. The Morgan fingerprint density at radius 3 is 2.46 bits per heavy atom. The van der Waals surface area contributed by atoms with Gasteiger partial charge in [0.25, 0.3) is 5.91 Å². The lowest BCUT2D eigenvalue weighted by Gasteiger charge is -2.41. The van der Waals surface area contributed by atoms with E-state index < -0.39 is 35.9 Å². The summed E-state index contributed by atoms with van der Waals surface area (Å²) in [4.78, 5) is 86.7. The van der Waals surface area contributed by atoms with Crippen molar-refractivity contribution in [3.63, 3.8) is 0 Å². The minimum absolute atomic E-state index is 0.0217. The number of nitrogens with one attached hydrogen (secondary N) is 4. The first-order chi connectivity index (χ1) is 31.5. The first kappa shape index (κ1) is 41.7. The number of fused-ring (bicyclic) bond motifs is 7. The Bertz CT molecular complexity index is 3070. The Kier molecular flexibility index (Phi) is 10.7. The molecule has 3 aliphatic heterocycles. The highest BCUT2D eigenvalue weighted by Crippen LogP contribution is 2.43. The fourth-order valence-corrected chi connectivity index (χ4v) is 10.4. The number of likely N-dealkylation sites (tertiary alicyclic amines) is 1. The first-order valence-corrected chi connectivity index (χ1v) is 21.8. The number of carbonyl (C=O) groups is 4. The van der Waals surface area contributed by atoms with Crippen LogP contribution in [0.15, 0.2) is 88.2 Å². The number of nitrogens with zero attached hydrogens (tertiary/aromatic N) is 4. The highest BCUT2D eigenvalue weighted by Gasteiger charge is 2.48. The Balaban J connectivity index is 0.947. The molecule has 3 fully saturated rings. The Morgan fingerprint density at radius 2 is 1.68 bits per heavy atom. The van der Waals surface area contributed by atoms with Gasteiger partial charge in [-0.05, 0) is 72.2 Å². The van der Waals surface area contributed by atoms with Gasteiger partial charge in [0, 0.05) is 42.0 Å². The second-order valence-corrected chi connectivity index (χ2v) is 17.3. The summed E-state index contributed by atoms with van der Waals surface area (Å²) in [6.07, 6.45) is 3.23. The summed E-state index contributed by atoms with van der Waals surface area (Å²) in [5.41, 5.74) is 3.36. The summed E-state index contributed by atoms with van der Waals surface area (Å²) in [7, 11) is 4.17. The van der Waals surface area contributed by atoms with Gasteiger partial charge >= 0.3 is 17.8 Å². The van der Waals surface area contributed by atoms with Crippen LogP contribution in [0, 0.1) is 11.8 Å². The number of aromatic nitrogens is 4. The molecule has 3 saturated heterocycles. The van der Waals surface area contributed by atoms with Gasteiger partial charge < -0.3 is 49.0 Å². The van der Waals surface area contributed by atoms with E-state index in [0.717, 1.165) is 46.3 Å². The number of benzene rings is 4. The van der Waals surface area contributed by atoms with Crippen LogP contribution in [0.25, 0.3) is 54.8 Å². The average Bonchev–Trinajstić information content (AvgIpc) is 4.15. The van der Waals surface area contributed by atoms with Gasteiger partial charge in [-0.3, -0.25) is 9.59 Å². The molecule has 4 amide bonds. The number of aromatic amines is 2. The van der Waals surface area contributed by atoms with E-state index in [2.05, 4.69) is 20.6 Å². The number of hydrogen-bond acceptors (Lipinski definition) is 11. The Hall–Kier alpha value is -7.27. The van der Waals surface area contributed by atoms with E-state index in [1.165, 1.54) is 14.2 Å². The standard InChI is InChI=1S/C48H48N8O9/c1-24-16-29-12-15-36(56(29)45(58)39(24)53-47(60)63-3)43-50-34-14-11-27-18-32-30-13-10-28(19-33(30)46(59)65-38(32)20-31(27)41(34)52-43)35-21-49-42(51-35)37-17-25(23-62-2)22-55(37)44(57)40(54-48(61)64-4)26-8-6-5-7-9-26/h5-11,13-14,18-21,24-25,29,36-37,39-40H,12,15-17,22-23H2,1-4H3,(H,49,51)(H,50,52)(H,53,60)(H,54,61)/t24?,25-,29+,36-,37-,39-,40+/m0/s1. The summed E-state index contributed by atoms with van der Waals surface area (Å²) in [5.74, 6) is 0.762. The van der Waals surface area contributed by atoms with Crippen molar-refractivity contribution in [1.29, 1.82) is 0 Å². The monoisotopic (exact) mass is 880 g/mol. The molecule has 3 aliphatic rings. The number of rotatable bonds is 9. The number of piperidine rings is 1. The number of carbonyl (C=O) groups excluding carboxylic acids is 4. The highest BCUT2D eigenvalue weighted by atomic mass is 16.5. The van der Waals surface area contributed by atoms with E-state index >= 15 is 0 Å². The number of alkyl carbamates (subject to hydrolysis) is 2. The molecule has 0 bridgehead atoms. The number of imidazole rings is 2. The van der Waals surface area contributed by atoms with E-state index in [9.17, 15) is 24.0 Å². The summed E-state index contributed by atoms with van der Waals surface area (Å²) in [5, 5.41) is 9.00. The highest BCUT2D eigenvalue weighted by molar-refractivity contribution is 6.14. The summed E-state index contributed by atoms with van der Waals surface area (Å²) in [6, 6.07) is 20.1. The molecule has 65 heavy (non-hydrogen) atoms. The maximum Gasteiger partial charge on any atom is 0.407 e. The maximum atomic E-state index is 14.3. The minimum Gasteiger partial charge on any atom is -0.453 e. The number of amides is 4. The van der Waals surface area contributed by atoms with Gasteiger partial charge in [0.1, 0.15) is 29.3 Å². The third-order valence-corrected chi connectivity index (χ3v) is 13.5. The zero-order valence-electron chi connectivity index (χ0n) is 36.3. The molecule has 0 saturated carbocycles. The molecular weight excluding hydrogens is 833 g/mol. The molecule has 334 valence electrons. The summed E-state index contributed by atoms with van der Waals surface area (Å²) in [6.45, 7) is 2.80. The second kappa shape index (κ2) is 16.7. The van der Waals surface area contributed by atoms with Crippen LogP contribution in [0.1, 0.15) is 67.9 Å². The predicted octanol–water partition coefficient (Wildman–Crippen LogP) is 6.80. The Labute approximate surface area is 371 Å². The molecule has 17 heteroatoms. The molecule has 3 aromatic heterocycles. The van der Waals surface area contributed by atoms with Crippen LogP contribution < -0.4 is 16.3 Å². The largest absolute Gasteiger partial charge is 0.453 e. The summed E-state index contributed by atoms with van der Waals surface area (Å²) < 4.78 is 21.2. The molecule has 17 nitrogen and oxygen atoms in total. The van der Waals surface area contributed by atoms with E-state index in [1.807, 2.05) is 66.4 Å². The van der Waals surface area contributed by atoms with Gasteiger partial charge in [0.2, 0.25) is 5.91 Å². The molecule has 7 aromatic rings. The molecule has 4 N–H and O–H groups in total. The lowest BCUT2D eigenvalue weighted by molar-refractivity contribution is -0.142. The van der Waals surface area contributed by atoms with Crippen LogP contribution in [-0.2, 0) is 23.8 Å². The molecule has 10 rings (SSSR count). The van der Waals surface area contributed by atoms with Gasteiger partial charge in [0.15, 0.2) is 0 Å². The molecule has 0 spiro atoms. The van der Waals surface area contributed by atoms with E-state index in [0.29, 0.717) is 64.5 Å². The molecule has 0 radical (unpaired) electrons. The molecular formula is C48H48N8O9. The lowest BCUT2D eigenvalue weighted by Crippen LogP contribution is -2.58. The van der Waals surface area contributed by atoms with Crippen LogP contribution in [0.2, 0.25) is 0 Å². The zero-order valence-corrected chi connectivity index (χ0v) is 36.3. The van der Waals surface area contributed by atoms with Crippen molar-refractivity contribution in [1.82, 2.24) is 40.4 Å². The topological polar surface area (TPSA) is 214 Å². The second-order valence-electron chi connectivity index (χ2n) is 17.3. The van der Waals surface area contributed by atoms with Crippen LogP contribution >= 0.6 is 0 Å². The molecule has 4 aromatic carbocycles. The van der Waals surface area contributed by atoms with Crippen molar-refractivity contribution in [2.75, 3.05) is 34.5 Å². The van der Waals surface area contributed by atoms with E-state index in [1.54, 1.807) is 36.4 Å². The normalized spacial score (nSPS) is 22.4. The van der Waals surface area contributed by atoms with Gasteiger partial charge in [-0.15, -0.1) is 0 Å². The number of hydrogen-bond donors (Lipinski definition) is 4. The number of ether oxygens (including phenoxy) is 3. The van der Waals surface area contributed by atoms with Gasteiger partial charge in [-0.2, -0.15) is 0 Å². The zero-order chi connectivity index (χ0) is 45.1. The van der Waals surface area contributed by atoms with Crippen molar-refractivity contribution >= 4 is 67.5 Å². The van der Waals surface area contributed by atoms with E-state index in [4.69, 9.17) is 28.6 Å². The molecule has 7 atom stereocenters. The lowest BCUT2D eigenvalue weighted by atomic mass is 9.88. The fraction of sp³-hybridized carbons (Fsp3) is 0.354. The smallest absolute Gasteiger partial charge is 0.407 e. The van der Waals surface area contributed by atoms with Gasteiger partial charge in [-0.1, -0.05) is 55.5 Å². The van der Waals surface area contributed by atoms with Crippen molar-refractivity contribution in [3.8, 4) is 11.3 Å². The van der Waals surface area contributed by atoms with E-state index in [-0.39, 0.29) is 35.7 Å². The van der Waals surface area contributed by atoms with Crippen LogP contribution in [-0.4, -0.2) is 100 Å². The SMILES string of the molecule is COC[C@H]1C[C@@H](c2ncc(-c3ccc4c(c3)c(=O)oc3cc5c(ccc6[nH]c([C@@H]7CC[C@@H]8CC(C)[C@H](NC(=O)OC)C(=O)N87)nc65)cc34)[nH]2)N(C(=O)[C@H](NC(=O)OC)c2ccccc2)C1.